The van der Waals surface area contributed by atoms with Crippen molar-refractivity contribution in [1.82, 2.24) is 10.2 Å². The van der Waals surface area contributed by atoms with Gasteiger partial charge in [-0.05, 0) is 61.7 Å². The predicted octanol–water partition coefficient (Wildman–Crippen LogP) is 6.48. The molecule has 40 heavy (non-hydrogen) atoms. The highest BCUT2D eigenvalue weighted by atomic mass is 35.5. The third-order valence-corrected chi connectivity index (χ3v) is 8.85. The maximum Gasteiger partial charge on any atom is 0.264 e. The van der Waals surface area contributed by atoms with Gasteiger partial charge in [-0.2, -0.15) is 0 Å². The van der Waals surface area contributed by atoms with Gasteiger partial charge < -0.3 is 10.2 Å². The van der Waals surface area contributed by atoms with Crippen molar-refractivity contribution in [1.29, 1.82) is 0 Å². The van der Waals surface area contributed by atoms with Crippen molar-refractivity contribution < 1.29 is 18.0 Å². The van der Waals surface area contributed by atoms with Gasteiger partial charge in [-0.15, -0.1) is 0 Å². The molecule has 7 nitrogen and oxygen atoms in total. The van der Waals surface area contributed by atoms with Crippen LogP contribution >= 0.6 is 34.8 Å². The third kappa shape index (κ3) is 7.91. The number of carbonyl (C=O) groups is 2. The SMILES string of the molecule is CCCNC(=O)[C@H](CC)N(Cc1ccccc1Cl)C(=O)CN(c1cc(Cl)cc(Cl)c1)S(=O)(=O)c1ccc(C)cc1. The second kappa shape index (κ2) is 14.2. The molecule has 0 unspecified atom stereocenters. The van der Waals surface area contributed by atoms with Gasteiger partial charge in [0.25, 0.3) is 10.0 Å². The fourth-order valence-electron chi connectivity index (χ4n) is 4.15. The molecular formula is C29H32Cl3N3O4S. The van der Waals surface area contributed by atoms with E-state index in [1.807, 2.05) is 13.8 Å². The topological polar surface area (TPSA) is 86.8 Å². The number of benzene rings is 3. The van der Waals surface area contributed by atoms with Crippen LogP contribution < -0.4 is 9.62 Å². The van der Waals surface area contributed by atoms with Crippen LogP contribution in [0.2, 0.25) is 15.1 Å². The third-order valence-electron chi connectivity index (χ3n) is 6.26. The molecule has 0 heterocycles. The Kier molecular flexibility index (Phi) is 11.3. The molecule has 0 aliphatic rings. The summed E-state index contributed by atoms with van der Waals surface area (Å²) in [6.07, 6.45) is 1.03. The summed E-state index contributed by atoms with van der Waals surface area (Å²) in [4.78, 5) is 28.6. The largest absolute Gasteiger partial charge is 0.354 e. The summed E-state index contributed by atoms with van der Waals surface area (Å²) < 4.78 is 28.8. The van der Waals surface area contributed by atoms with Gasteiger partial charge in [-0.3, -0.25) is 13.9 Å². The Labute approximate surface area is 251 Å². The number of carbonyl (C=O) groups excluding carboxylic acids is 2. The lowest BCUT2D eigenvalue weighted by molar-refractivity contribution is -0.140. The fraction of sp³-hybridized carbons (Fsp3) is 0.310. The van der Waals surface area contributed by atoms with Gasteiger partial charge in [-0.25, -0.2) is 8.42 Å². The monoisotopic (exact) mass is 623 g/mol. The number of anilines is 1. The molecule has 0 aliphatic heterocycles. The summed E-state index contributed by atoms with van der Waals surface area (Å²) >= 11 is 18.9. The molecule has 3 rings (SSSR count). The number of hydrogen-bond donors (Lipinski definition) is 1. The summed E-state index contributed by atoms with van der Waals surface area (Å²) in [5.74, 6) is -0.923. The average molecular weight is 625 g/mol. The van der Waals surface area contributed by atoms with E-state index in [-0.39, 0.29) is 33.1 Å². The van der Waals surface area contributed by atoms with Crippen molar-refractivity contribution in [3.05, 3.63) is 92.9 Å². The van der Waals surface area contributed by atoms with Crippen molar-refractivity contribution in [2.24, 2.45) is 0 Å². The van der Waals surface area contributed by atoms with E-state index >= 15 is 0 Å². The van der Waals surface area contributed by atoms with E-state index in [0.717, 1.165) is 16.3 Å². The summed E-state index contributed by atoms with van der Waals surface area (Å²) in [6, 6.07) is 16.8. The van der Waals surface area contributed by atoms with Gasteiger partial charge in [0.15, 0.2) is 0 Å². The van der Waals surface area contributed by atoms with Gasteiger partial charge in [0, 0.05) is 28.2 Å². The molecule has 0 aliphatic carbocycles. The number of hydrogen-bond acceptors (Lipinski definition) is 4. The highest BCUT2D eigenvalue weighted by Gasteiger charge is 2.34. The molecule has 0 bridgehead atoms. The van der Waals surface area contributed by atoms with Crippen LogP contribution in [0.15, 0.2) is 71.6 Å². The van der Waals surface area contributed by atoms with Crippen LogP contribution in [0, 0.1) is 6.92 Å². The van der Waals surface area contributed by atoms with Crippen molar-refractivity contribution in [2.45, 2.75) is 51.1 Å². The number of nitrogens with one attached hydrogen (secondary N) is 1. The molecule has 2 amide bonds. The lowest BCUT2D eigenvalue weighted by Gasteiger charge is -2.33. The molecule has 0 spiro atoms. The first-order chi connectivity index (χ1) is 19.0. The molecule has 0 saturated heterocycles. The highest BCUT2D eigenvalue weighted by Crippen LogP contribution is 2.30. The first-order valence-electron chi connectivity index (χ1n) is 12.8. The Bertz CT molecular complexity index is 1430. The second-order valence-corrected chi connectivity index (χ2v) is 12.4. The van der Waals surface area contributed by atoms with Gasteiger partial charge in [0.1, 0.15) is 12.6 Å². The fourth-order valence-corrected chi connectivity index (χ4v) is 6.25. The first kappa shape index (κ1) is 31.7. The Hall–Kier alpha value is -2.78. The molecule has 3 aromatic carbocycles. The second-order valence-electron chi connectivity index (χ2n) is 9.28. The zero-order chi connectivity index (χ0) is 29.4. The van der Waals surface area contributed by atoms with E-state index in [2.05, 4.69) is 5.32 Å². The number of sulfonamides is 1. The van der Waals surface area contributed by atoms with Gasteiger partial charge in [-0.1, -0.05) is 84.5 Å². The normalized spacial score (nSPS) is 12.1. The van der Waals surface area contributed by atoms with Crippen LogP contribution in [0.4, 0.5) is 5.69 Å². The van der Waals surface area contributed by atoms with E-state index in [1.165, 1.54) is 35.2 Å². The molecular weight excluding hydrogens is 593 g/mol. The maximum atomic E-state index is 14.1. The highest BCUT2D eigenvalue weighted by molar-refractivity contribution is 7.92. The summed E-state index contributed by atoms with van der Waals surface area (Å²) in [5, 5.41) is 3.69. The van der Waals surface area contributed by atoms with E-state index in [0.29, 0.717) is 23.6 Å². The zero-order valence-electron chi connectivity index (χ0n) is 22.5. The van der Waals surface area contributed by atoms with Gasteiger partial charge in [0.05, 0.1) is 10.6 Å². The number of aryl methyl sites for hydroxylation is 1. The number of nitrogens with zero attached hydrogens (tertiary/aromatic N) is 2. The van der Waals surface area contributed by atoms with Gasteiger partial charge >= 0.3 is 0 Å². The molecule has 0 fully saturated rings. The van der Waals surface area contributed by atoms with Crippen LogP contribution in [-0.4, -0.2) is 44.3 Å². The first-order valence-corrected chi connectivity index (χ1v) is 15.4. The van der Waals surface area contributed by atoms with Crippen LogP contribution in [-0.2, 0) is 26.2 Å². The van der Waals surface area contributed by atoms with Crippen molar-refractivity contribution >= 4 is 62.3 Å². The van der Waals surface area contributed by atoms with E-state index in [9.17, 15) is 18.0 Å². The smallest absolute Gasteiger partial charge is 0.264 e. The summed E-state index contributed by atoms with van der Waals surface area (Å²) in [7, 11) is -4.24. The quantitative estimate of drug-likeness (QED) is 0.250. The Morgan fingerprint density at radius 2 is 1.55 bits per heavy atom. The van der Waals surface area contributed by atoms with Crippen molar-refractivity contribution in [3.8, 4) is 0 Å². The molecule has 0 aromatic heterocycles. The molecule has 1 N–H and O–H groups in total. The van der Waals surface area contributed by atoms with Gasteiger partial charge in [0.2, 0.25) is 11.8 Å². The summed E-state index contributed by atoms with van der Waals surface area (Å²) in [5.41, 5.74) is 1.62. The number of rotatable bonds is 12. The molecule has 1 atom stereocenters. The maximum absolute atomic E-state index is 14.1. The molecule has 0 radical (unpaired) electrons. The number of halogens is 3. The van der Waals surface area contributed by atoms with E-state index in [1.54, 1.807) is 43.3 Å². The average Bonchev–Trinajstić information content (AvgIpc) is 2.90. The van der Waals surface area contributed by atoms with E-state index in [4.69, 9.17) is 34.8 Å². The molecule has 3 aromatic rings. The minimum Gasteiger partial charge on any atom is -0.354 e. The standard InChI is InChI=1S/C29H32Cl3N3O4S/c1-4-14-33-29(37)27(5-2)34(18-21-8-6-7-9-26(21)32)28(36)19-35(24-16-22(30)15-23(31)17-24)40(38,39)25-12-10-20(3)11-13-25/h6-13,15-17,27H,4-5,14,18-19H2,1-3H3,(H,33,37)/t27-/m0/s1. The molecule has 0 saturated carbocycles. The van der Waals surface area contributed by atoms with Crippen LogP contribution in [0.25, 0.3) is 0 Å². The minimum atomic E-state index is -4.24. The van der Waals surface area contributed by atoms with Crippen molar-refractivity contribution in [2.75, 3.05) is 17.4 Å². The van der Waals surface area contributed by atoms with E-state index < -0.39 is 28.5 Å². The van der Waals surface area contributed by atoms with Crippen LogP contribution in [0.3, 0.4) is 0 Å². The lowest BCUT2D eigenvalue weighted by Crippen LogP contribution is -2.52. The predicted molar refractivity (Wildman–Crippen MR) is 162 cm³/mol. The van der Waals surface area contributed by atoms with Crippen molar-refractivity contribution in [3.63, 3.8) is 0 Å². The van der Waals surface area contributed by atoms with Crippen LogP contribution in [0.5, 0.6) is 0 Å². The number of amides is 2. The Morgan fingerprint density at radius 1 is 0.925 bits per heavy atom. The lowest BCUT2D eigenvalue weighted by atomic mass is 10.1. The molecule has 11 heteroatoms. The molecule has 214 valence electrons. The van der Waals surface area contributed by atoms with Crippen LogP contribution in [0.1, 0.15) is 37.8 Å². The summed E-state index contributed by atoms with van der Waals surface area (Å²) in [6.45, 7) is 5.41. The Morgan fingerprint density at radius 3 is 2.12 bits per heavy atom. The minimum absolute atomic E-state index is 0.00524. The Balaban J connectivity index is 2.10. The zero-order valence-corrected chi connectivity index (χ0v) is 25.6.